The summed E-state index contributed by atoms with van der Waals surface area (Å²) in [7, 11) is 0. The van der Waals surface area contributed by atoms with Gasteiger partial charge in [0.05, 0.1) is 11.4 Å². The van der Waals surface area contributed by atoms with Crippen LogP contribution in [0, 0.1) is 6.92 Å². The molecule has 0 aliphatic carbocycles. The number of para-hydroxylation sites is 1. The van der Waals surface area contributed by atoms with Gasteiger partial charge in [-0.2, -0.15) is 10.1 Å². The molecule has 116 valence electrons. The first-order valence-corrected chi connectivity index (χ1v) is 8.09. The van der Waals surface area contributed by atoms with Crippen molar-refractivity contribution in [3.05, 3.63) is 60.2 Å². The number of anilines is 2. The highest BCUT2D eigenvalue weighted by atomic mass is 32.2. The Balaban J connectivity index is 1.82. The third kappa shape index (κ3) is 3.60. The number of rotatable bonds is 3. The number of thioether (sulfide) groups is 1. The molecule has 5 nitrogen and oxygen atoms in total. The number of hydrogen-bond acceptors (Lipinski definition) is 4. The maximum Gasteiger partial charge on any atom is 0.282 e. The largest absolute Gasteiger partial charge is 0.320 e. The van der Waals surface area contributed by atoms with Crippen molar-refractivity contribution in [3.8, 4) is 0 Å². The van der Waals surface area contributed by atoms with E-state index < -0.39 is 0 Å². The van der Waals surface area contributed by atoms with Crippen molar-refractivity contribution in [2.24, 2.45) is 5.10 Å². The van der Waals surface area contributed by atoms with Gasteiger partial charge in [-0.15, -0.1) is 0 Å². The van der Waals surface area contributed by atoms with Crippen LogP contribution in [0.15, 0.2) is 59.7 Å². The molecule has 23 heavy (non-hydrogen) atoms. The van der Waals surface area contributed by atoms with Gasteiger partial charge in [0.1, 0.15) is 0 Å². The summed E-state index contributed by atoms with van der Waals surface area (Å²) in [5.41, 5.74) is 2.45. The fraction of sp³-hybridized carbons (Fsp3) is 0.118. The molecule has 0 atom stereocenters. The zero-order chi connectivity index (χ0) is 16.2. The summed E-state index contributed by atoms with van der Waals surface area (Å²) in [6.45, 7) is 1.97. The van der Waals surface area contributed by atoms with Gasteiger partial charge in [-0.3, -0.25) is 9.59 Å². The second-order valence-corrected chi connectivity index (χ2v) is 6.02. The van der Waals surface area contributed by atoms with Crippen LogP contribution in [0.2, 0.25) is 0 Å². The molecule has 2 aromatic rings. The number of nitrogens with zero attached hydrogens (tertiary/aromatic N) is 2. The highest BCUT2D eigenvalue weighted by Crippen LogP contribution is 2.23. The van der Waals surface area contributed by atoms with Gasteiger partial charge in [-0.25, -0.2) is 0 Å². The van der Waals surface area contributed by atoms with E-state index in [2.05, 4.69) is 10.4 Å². The fourth-order valence-electron chi connectivity index (χ4n) is 2.07. The van der Waals surface area contributed by atoms with Crippen LogP contribution < -0.4 is 10.3 Å². The summed E-state index contributed by atoms with van der Waals surface area (Å²) in [6, 6.07) is 16.6. The lowest BCUT2D eigenvalue weighted by molar-refractivity contribution is -0.116. The smallest absolute Gasteiger partial charge is 0.282 e. The molecule has 1 N–H and O–H groups in total. The third-order valence-electron chi connectivity index (χ3n) is 3.26. The Bertz CT molecular complexity index is 757. The molecular formula is C17H15N3O2S. The highest BCUT2D eigenvalue weighted by molar-refractivity contribution is 8.16. The van der Waals surface area contributed by atoms with Gasteiger partial charge in [0, 0.05) is 5.69 Å². The van der Waals surface area contributed by atoms with Crippen molar-refractivity contribution in [3.63, 3.8) is 0 Å². The predicted octanol–water partition coefficient (Wildman–Crippen LogP) is 3.03. The Kier molecular flexibility index (Phi) is 4.43. The number of amides is 2. The first-order valence-electron chi connectivity index (χ1n) is 7.11. The molecule has 0 saturated carbocycles. The molecule has 0 spiro atoms. The molecule has 1 aliphatic heterocycles. The van der Waals surface area contributed by atoms with Crippen molar-refractivity contribution in [2.45, 2.75) is 6.92 Å². The Hall–Kier alpha value is -2.60. The molecule has 6 heteroatoms. The Labute approximate surface area is 138 Å². The van der Waals surface area contributed by atoms with E-state index in [1.54, 1.807) is 12.1 Å². The van der Waals surface area contributed by atoms with Gasteiger partial charge in [0.25, 0.3) is 11.8 Å². The van der Waals surface area contributed by atoms with Crippen LogP contribution in [-0.2, 0) is 9.59 Å². The van der Waals surface area contributed by atoms with E-state index in [1.165, 1.54) is 5.01 Å². The predicted molar refractivity (Wildman–Crippen MR) is 93.6 cm³/mol. The van der Waals surface area contributed by atoms with Crippen molar-refractivity contribution < 1.29 is 9.59 Å². The zero-order valence-electron chi connectivity index (χ0n) is 12.5. The van der Waals surface area contributed by atoms with Crippen LogP contribution in [0.4, 0.5) is 11.4 Å². The second kappa shape index (κ2) is 6.66. The number of benzene rings is 2. The first kappa shape index (κ1) is 15.3. The summed E-state index contributed by atoms with van der Waals surface area (Å²) in [6.07, 6.45) is 0. The van der Waals surface area contributed by atoms with Gasteiger partial charge in [0.2, 0.25) is 0 Å². The lowest BCUT2D eigenvalue weighted by Crippen LogP contribution is -2.36. The van der Waals surface area contributed by atoms with E-state index in [1.807, 2.05) is 49.4 Å². The highest BCUT2D eigenvalue weighted by Gasteiger charge is 2.26. The normalized spacial score (nSPS) is 14.4. The van der Waals surface area contributed by atoms with Crippen LogP contribution in [0.5, 0.6) is 0 Å². The lowest BCUT2D eigenvalue weighted by atomic mass is 10.2. The van der Waals surface area contributed by atoms with E-state index in [-0.39, 0.29) is 22.6 Å². The molecule has 0 radical (unpaired) electrons. The van der Waals surface area contributed by atoms with Crippen LogP contribution in [-0.4, -0.2) is 22.6 Å². The van der Waals surface area contributed by atoms with E-state index in [0.717, 1.165) is 17.3 Å². The fourth-order valence-corrected chi connectivity index (χ4v) is 2.78. The SMILES string of the molecule is Cc1ccc(N2N=C(C(=O)Nc3ccccc3)SCC2=O)cc1. The lowest BCUT2D eigenvalue weighted by Gasteiger charge is -2.22. The molecule has 0 unspecified atom stereocenters. The molecule has 0 saturated heterocycles. The summed E-state index contributed by atoms with van der Waals surface area (Å²) in [5.74, 6) is -0.268. The molecule has 0 aromatic heterocycles. The molecule has 2 aromatic carbocycles. The average molecular weight is 325 g/mol. The molecule has 0 bridgehead atoms. The maximum absolute atomic E-state index is 12.3. The van der Waals surface area contributed by atoms with Gasteiger partial charge in [-0.05, 0) is 31.2 Å². The van der Waals surface area contributed by atoms with Crippen molar-refractivity contribution in [1.82, 2.24) is 0 Å². The van der Waals surface area contributed by atoms with E-state index in [0.29, 0.717) is 11.4 Å². The zero-order valence-corrected chi connectivity index (χ0v) is 13.3. The van der Waals surface area contributed by atoms with Crippen LogP contribution in [0.25, 0.3) is 0 Å². The standard InChI is InChI=1S/C17H15N3O2S/c1-12-7-9-14(10-8-12)20-15(21)11-23-17(19-20)16(22)18-13-5-3-2-4-6-13/h2-10H,11H2,1H3,(H,18,22). The Morgan fingerprint density at radius 1 is 1.13 bits per heavy atom. The van der Waals surface area contributed by atoms with E-state index in [4.69, 9.17) is 0 Å². The number of nitrogens with one attached hydrogen (secondary N) is 1. The quantitative estimate of drug-likeness (QED) is 0.943. The minimum atomic E-state index is -0.314. The van der Waals surface area contributed by atoms with Gasteiger partial charge in [0.15, 0.2) is 5.04 Å². The second-order valence-electron chi connectivity index (χ2n) is 5.06. The van der Waals surface area contributed by atoms with Gasteiger partial charge >= 0.3 is 0 Å². The number of carbonyl (C=O) groups is 2. The Morgan fingerprint density at radius 3 is 2.52 bits per heavy atom. The van der Waals surface area contributed by atoms with Crippen LogP contribution in [0.3, 0.4) is 0 Å². The maximum atomic E-state index is 12.3. The van der Waals surface area contributed by atoms with E-state index in [9.17, 15) is 9.59 Å². The first-order chi connectivity index (χ1) is 11.1. The summed E-state index contributed by atoms with van der Waals surface area (Å²) in [4.78, 5) is 24.4. The number of carbonyl (C=O) groups excluding carboxylic acids is 2. The summed E-state index contributed by atoms with van der Waals surface area (Å²) >= 11 is 1.15. The van der Waals surface area contributed by atoms with Crippen molar-refractivity contribution in [2.75, 3.05) is 16.1 Å². The summed E-state index contributed by atoms with van der Waals surface area (Å²) < 4.78 is 0. The van der Waals surface area contributed by atoms with Crippen molar-refractivity contribution >= 4 is 40.0 Å². The number of hydrogen-bond donors (Lipinski definition) is 1. The third-order valence-corrected chi connectivity index (χ3v) is 4.20. The molecule has 2 amide bonds. The van der Waals surface area contributed by atoms with Crippen LogP contribution in [0.1, 0.15) is 5.56 Å². The van der Waals surface area contributed by atoms with Crippen LogP contribution >= 0.6 is 11.8 Å². The van der Waals surface area contributed by atoms with Gasteiger partial charge < -0.3 is 5.32 Å². The molecule has 0 fully saturated rings. The molecule has 1 heterocycles. The minimum absolute atomic E-state index is 0.143. The van der Waals surface area contributed by atoms with Crippen molar-refractivity contribution in [1.29, 1.82) is 0 Å². The Morgan fingerprint density at radius 2 is 1.83 bits per heavy atom. The average Bonchev–Trinajstić information content (AvgIpc) is 2.57. The monoisotopic (exact) mass is 325 g/mol. The van der Waals surface area contributed by atoms with Gasteiger partial charge in [-0.1, -0.05) is 47.7 Å². The number of hydrazone groups is 1. The summed E-state index contributed by atoms with van der Waals surface area (Å²) in [5, 5.41) is 8.55. The topological polar surface area (TPSA) is 61.8 Å². The molecule has 3 rings (SSSR count). The minimum Gasteiger partial charge on any atom is -0.320 e. The molecular weight excluding hydrogens is 310 g/mol. The molecule has 1 aliphatic rings. The van der Waals surface area contributed by atoms with E-state index >= 15 is 0 Å². The number of aryl methyl sites for hydroxylation is 1.